The Labute approximate surface area is 376 Å². The summed E-state index contributed by atoms with van der Waals surface area (Å²) in [5.41, 5.74) is 3.29. The zero-order valence-corrected chi connectivity index (χ0v) is 36.4. The highest BCUT2D eigenvalue weighted by Crippen LogP contribution is 2.28. The molecule has 0 radical (unpaired) electrons. The third-order valence-electron chi connectivity index (χ3n) is 10.3. The number of benzene rings is 6. The number of esters is 2. The Morgan fingerprint density at radius 2 is 0.719 bits per heavy atom. The van der Waals surface area contributed by atoms with Crippen LogP contribution >= 0.6 is 0 Å². The number of ether oxygens (including phenoxy) is 4. The fourth-order valence-electron chi connectivity index (χ4n) is 6.66. The molecule has 0 saturated carbocycles. The van der Waals surface area contributed by atoms with E-state index in [-0.39, 0.29) is 0 Å². The summed E-state index contributed by atoms with van der Waals surface area (Å²) in [6.07, 6.45) is 17.8. The Bertz CT molecular complexity index is 2290. The van der Waals surface area contributed by atoms with Crippen LogP contribution in [0.4, 0.5) is 22.7 Å². The second-order valence-corrected chi connectivity index (χ2v) is 15.3. The lowest BCUT2D eigenvalue weighted by Crippen LogP contribution is -2.08. The third kappa shape index (κ3) is 15.6. The number of nitrogens with zero attached hydrogens (tertiary/aromatic N) is 4. The Morgan fingerprint density at radius 1 is 0.391 bits per heavy atom. The largest absolute Gasteiger partial charge is 0.494 e. The molecule has 0 unspecified atom stereocenters. The number of unbranched alkanes of at least 4 members (excludes halogenated alkanes) is 10. The van der Waals surface area contributed by atoms with E-state index in [2.05, 4.69) is 33.6 Å². The first kappa shape index (κ1) is 46.3. The van der Waals surface area contributed by atoms with Crippen LogP contribution < -0.4 is 18.9 Å². The average molecular weight is 857 g/mol. The molecule has 0 heterocycles. The molecule has 0 saturated heterocycles. The molecule has 0 N–H and O–H groups in total. The zero-order chi connectivity index (χ0) is 44.6. The van der Waals surface area contributed by atoms with Crippen molar-refractivity contribution < 1.29 is 28.5 Å². The monoisotopic (exact) mass is 856 g/mol. The molecule has 0 aromatic heterocycles. The number of hydrogen-bond donors (Lipinski definition) is 0. The molecule has 6 aromatic carbocycles. The minimum atomic E-state index is -0.522. The van der Waals surface area contributed by atoms with Gasteiger partial charge in [-0.2, -0.15) is 20.5 Å². The van der Waals surface area contributed by atoms with Crippen LogP contribution in [0.5, 0.6) is 23.0 Å². The highest BCUT2D eigenvalue weighted by molar-refractivity contribution is 5.94. The minimum absolute atomic E-state index is 0.349. The summed E-state index contributed by atoms with van der Waals surface area (Å²) < 4.78 is 23.1. The second kappa shape index (κ2) is 25.7. The maximum atomic E-state index is 13.1. The summed E-state index contributed by atoms with van der Waals surface area (Å²) in [6.45, 7) is 8.92. The molecule has 64 heavy (non-hydrogen) atoms. The van der Waals surface area contributed by atoms with E-state index in [1.54, 1.807) is 72.8 Å². The van der Waals surface area contributed by atoms with Gasteiger partial charge in [0.25, 0.3) is 0 Å². The van der Waals surface area contributed by atoms with Crippen LogP contribution in [0.2, 0.25) is 0 Å². The Hall–Kier alpha value is -7.20. The van der Waals surface area contributed by atoms with Gasteiger partial charge >= 0.3 is 11.9 Å². The van der Waals surface area contributed by atoms with Crippen molar-refractivity contribution in [2.75, 3.05) is 13.2 Å². The quantitative estimate of drug-likeness (QED) is 0.0176. The van der Waals surface area contributed by atoms with Crippen LogP contribution in [0, 0.1) is 0 Å². The Kier molecular flexibility index (Phi) is 18.6. The van der Waals surface area contributed by atoms with Gasteiger partial charge in [0.2, 0.25) is 0 Å². The number of carbonyl (C=O) groups excluding carboxylic acids is 2. The minimum Gasteiger partial charge on any atom is -0.494 e. The maximum absolute atomic E-state index is 13.1. The van der Waals surface area contributed by atoms with Crippen LogP contribution in [-0.4, -0.2) is 25.2 Å². The van der Waals surface area contributed by atoms with E-state index in [1.165, 1.54) is 38.5 Å². The van der Waals surface area contributed by atoms with E-state index in [0.717, 1.165) is 60.8 Å². The van der Waals surface area contributed by atoms with Crippen molar-refractivity contribution in [3.8, 4) is 23.0 Å². The third-order valence-corrected chi connectivity index (χ3v) is 10.3. The van der Waals surface area contributed by atoms with Crippen LogP contribution in [0.3, 0.4) is 0 Å². The van der Waals surface area contributed by atoms with Crippen LogP contribution in [0.25, 0.3) is 10.8 Å². The van der Waals surface area contributed by atoms with E-state index in [9.17, 15) is 9.59 Å². The second-order valence-electron chi connectivity index (χ2n) is 15.3. The van der Waals surface area contributed by atoms with Crippen LogP contribution in [-0.2, 0) is 0 Å². The lowest BCUT2D eigenvalue weighted by atomic mass is 10.1. The Morgan fingerprint density at radius 3 is 1.09 bits per heavy atom. The average Bonchev–Trinajstić information content (AvgIpc) is 3.33. The molecule has 6 rings (SSSR count). The lowest BCUT2D eigenvalue weighted by molar-refractivity contribution is 0.0726. The fourth-order valence-corrected chi connectivity index (χ4v) is 6.66. The van der Waals surface area contributed by atoms with Crippen molar-refractivity contribution in [2.45, 2.75) is 77.0 Å². The molecule has 0 fully saturated rings. The molecule has 0 bridgehead atoms. The standard InChI is InChI=1S/C54H56N4O6/c1-3-5-7-9-11-13-15-37-61-49-33-27-47(28-34-49)57-55-45-23-17-42(18-24-45)53(59)63-51-31-21-41-22-32-52(40-44(41)39-51)64-54(60)43-19-25-46(26-20-43)56-58-48-29-35-50(36-30-48)62-38-16-14-12-10-8-6-4-2/h3-4,17-36,39-40H,1-2,5-16,37-38H2. The van der Waals surface area contributed by atoms with Crippen LogP contribution in [0.1, 0.15) is 97.8 Å². The normalized spacial score (nSPS) is 11.2. The molecule has 0 aliphatic heterocycles. The van der Waals surface area contributed by atoms with Crippen molar-refractivity contribution in [3.05, 3.63) is 170 Å². The highest BCUT2D eigenvalue weighted by Gasteiger charge is 2.12. The molecule has 0 aliphatic carbocycles. The molecule has 10 heteroatoms. The van der Waals surface area contributed by atoms with Gasteiger partial charge in [0.1, 0.15) is 23.0 Å². The molecule has 0 atom stereocenters. The molecular formula is C54H56N4O6. The van der Waals surface area contributed by atoms with Gasteiger partial charge in [-0.25, -0.2) is 9.59 Å². The van der Waals surface area contributed by atoms with E-state index in [1.807, 2.05) is 72.8 Å². The van der Waals surface area contributed by atoms with Gasteiger partial charge in [-0.15, -0.1) is 13.2 Å². The highest BCUT2D eigenvalue weighted by atomic mass is 16.5. The summed E-state index contributed by atoms with van der Waals surface area (Å²) in [4.78, 5) is 26.1. The molecule has 6 aromatic rings. The van der Waals surface area contributed by atoms with Gasteiger partial charge in [0.15, 0.2) is 0 Å². The lowest BCUT2D eigenvalue weighted by Gasteiger charge is -2.08. The fraction of sp³-hybridized carbons (Fsp3) is 0.259. The molecule has 0 spiro atoms. The van der Waals surface area contributed by atoms with Gasteiger partial charge in [0, 0.05) is 0 Å². The predicted octanol–water partition coefficient (Wildman–Crippen LogP) is 15.9. The van der Waals surface area contributed by atoms with Gasteiger partial charge in [0.05, 0.1) is 47.1 Å². The number of allylic oxidation sites excluding steroid dienone is 2. The van der Waals surface area contributed by atoms with Crippen molar-refractivity contribution in [1.82, 2.24) is 0 Å². The van der Waals surface area contributed by atoms with Crippen molar-refractivity contribution >= 4 is 45.5 Å². The Balaban J connectivity index is 0.934. The number of carbonyl (C=O) groups is 2. The topological polar surface area (TPSA) is 121 Å². The first-order valence-electron chi connectivity index (χ1n) is 22.1. The van der Waals surface area contributed by atoms with Gasteiger partial charge in [-0.3, -0.25) is 0 Å². The maximum Gasteiger partial charge on any atom is 0.343 e. The molecular weight excluding hydrogens is 801 g/mol. The van der Waals surface area contributed by atoms with Gasteiger partial charge in [-0.05, 0) is 171 Å². The summed E-state index contributed by atoms with van der Waals surface area (Å²) in [5, 5.41) is 18.9. The predicted molar refractivity (Wildman–Crippen MR) is 255 cm³/mol. The van der Waals surface area contributed by atoms with Crippen LogP contribution in [0.15, 0.2) is 179 Å². The molecule has 328 valence electrons. The van der Waals surface area contributed by atoms with Crippen molar-refractivity contribution in [3.63, 3.8) is 0 Å². The summed E-state index contributed by atoms with van der Waals surface area (Å²) in [6, 6.07) is 39.0. The van der Waals surface area contributed by atoms with E-state index in [4.69, 9.17) is 18.9 Å². The summed E-state index contributed by atoms with van der Waals surface area (Å²) >= 11 is 0. The molecule has 0 amide bonds. The zero-order valence-electron chi connectivity index (χ0n) is 36.4. The number of rotatable bonds is 26. The van der Waals surface area contributed by atoms with E-state index >= 15 is 0 Å². The van der Waals surface area contributed by atoms with Gasteiger partial charge < -0.3 is 18.9 Å². The molecule has 0 aliphatic rings. The first-order chi connectivity index (χ1) is 31.4. The smallest absolute Gasteiger partial charge is 0.343 e. The summed E-state index contributed by atoms with van der Waals surface area (Å²) in [7, 11) is 0. The SMILES string of the molecule is C=CCCCCCCCOc1ccc(N=Nc2ccc(C(=O)Oc3ccc4ccc(OC(=O)c5ccc(N=Nc6ccc(OCCCCCCCC=C)cc6)cc5)cc4c3)cc2)cc1. The van der Waals surface area contributed by atoms with Crippen molar-refractivity contribution in [2.24, 2.45) is 20.5 Å². The first-order valence-corrected chi connectivity index (χ1v) is 22.1. The number of fused-ring (bicyclic) bond motifs is 1. The van der Waals surface area contributed by atoms with Gasteiger partial charge in [-0.1, -0.05) is 62.8 Å². The number of azo groups is 2. The summed E-state index contributed by atoms with van der Waals surface area (Å²) in [5.74, 6) is 1.26. The van der Waals surface area contributed by atoms with E-state index in [0.29, 0.717) is 58.6 Å². The van der Waals surface area contributed by atoms with Crippen molar-refractivity contribution in [1.29, 1.82) is 0 Å². The molecule has 10 nitrogen and oxygen atoms in total. The van der Waals surface area contributed by atoms with E-state index < -0.39 is 11.9 Å². The number of hydrogen-bond acceptors (Lipinski definition) is 10.